The number of para-hydroxylation sites is 1. The zero-order valence-electron chi connectivity index (χ0n) is 20.3. The average molecular weight is 549 g/mol. The molecule has 13 nitrogen and oxygen atoms in total. The Morgan fingerprint density at radius 3 is 2.47 bits per heavy atom. The molecule has 2 amide bonds. The molecule has 0 radical (unpaired) electrons. The molecule has 2 aromatic rings. The van der Waals surface area contributed by atoms with Crippen LogP contribution in [0.1, 0.15) is 31.2 Å². The molecule has 1 aliphatic heterocycles. The van der Waals surface area contributed by atoms with Crippen molar-refractivity contribution in [3.63, 3.8) is 0 Å². The van der Waals surface area contributed by atoms with E-state index in [1.807, 2.05) is 6.07 Å². The normalized spacial score (nSPS) is 15.8. The molecule has 2 aromatic carbocycles. The van der Waals surface area contributed by atoms with Gasteiger partial charge in [0.15, 0.2) is 4.90 Å². The fourth-order valence-electron chi connectivity index (χ4n) is 4.02. The van der Waals surface area contributed by atoms with E-state index in [0.717, 1.165) is 17.7 Å². The molecule has 3 rings (SSSR count). The van der Waals surface area contributed by atoms with Crippen molar-refractivity contribution in [2.75, 3.05) is 13.1 Å². The largest absolute Gasteiger partial charge is 0.480 e. The first-order chi connectivity index (χ1) is 18.1. The van der Waals surface area contributed by atoms with Gasteiger partial charge in [-0.2, -0.15) is 0 Å². The molecule has 1 saturated heterocycles. The number of nitrogens with zero attached hydrogens (tertiary/aromatic N) is 2. The van der Waals surface area contributed by atoms with E-state index in [1.165, 1.54) is 12.1 Å². The van der Waals surface area contributed by atoms with Crippen molar-refractivity contribution in [1.82, 2.24) is 14.9 Å². The second-order valence-corrected chi connectivity index (χ2v) is 10.3. The highest BCUT2D eigenvalue weighted by atomic mass is 32.2. The highest BCUT2D eigenvalue weighted by molar-refractivity contribution is 7.89. The smallest absolute Gasteiger partial charge is 0.407 e. The van der Waals surface area contributed by atoms with Gasteiger partial charge in [0.1, 0.15) is 12.6 Å². The quantitative estimate of drug-likeness (QED) is 0.201. The van der Waals surface area contributed by atoms with Gasteiger partial charge in [0, 0.05) is 12.6 Å². The number of carbonyl (C=O) groups is 3. The Bertz CT molecular complexity index is 1260. The van der Waals surface area contributed by atoms with E-state index in [2.05, 4.69) is 10.6 Å². The molecule has 1 heterocycles. The van der Waals surface area contributed by atoms with Crippen molar-refractivity contribution in [2.24, 2.45) is 0 Å². The topological polar surface area (TPSA) is 185 Å². The Morgan fingerprint density at radius 1 is 1.16 bits per heavy atom. The van der Waals surface area contributed by atoms with Crippen LogP contribution in [0.15, 0.2) is 59.5 Å². The third-order valence-electron chi connectivity index (χ3n) is 5.88. The van der Waals surface area contributed by atoms with Gasteiger partial charge in [-0.15, -0.1) is 0 Å². The first-order valence-corrected chi connectivity index (χ1v) is 13.3. The maximum absolute atomic E-state index is 13.6. The van der Waals surface area contributed by atoms with Gasteiger partial charge in [0.25, 0.3) is 21.6 Å². The SMILES string of the molecule is O=C(NCCC[C@@H](C(=O)O)N(C(=O)[C@@H]1CCCN1)S(=O)(=O)c1ccccc1[N+](=O)[O-])OCc1ccccc1. The predicted molar refractivity (Wildman–Crippen MR) is 133 cm³/mol. The molecule has 38 heavy (non-hydrogen) atoms. The number of benzene rings is 2. The summed E-state index contributed by atoms with van der Waals surface area (Å²) in [5.41, 5.74) is -0.0138. The first kappa shape index (κ1) is 28.5. The summed E-state index contributed by atoms with van der Waals surface area (Å²) >= 11 is 0. The number of carbonyl (C=O) groups excluding carboxylic acids is 2. The van der Waals surface area contributed by atoms with Gasteiger partial charge in [0.2, 0.25) is 0 Å². The summed E-state index contributed by atoms with van der Waals surface area (Å²) in [7, 11) is -4.94. The number of alkyl carbamates (subject to hydrolysis) is 1. The number of sulfonamides is 1. The van der Waals surface area contributed by atoms with Gasteiger partial charge in [0.05, 0.1) is 11.0 Å². The van der Waals surface area contributed by atoms with Crippen LogP contribution in [-0.4, -0.2) is 65.9 Å². The van der Waals surface area contributed by atoms with E-state index in [4.69, 9.17) is 4.74 Å². The van der Waals surface area contributed by atoms with Gasteiger partial charge in [-0.25, -0.2) is 22.3 Å². The molecular weight excluding hydrogens is 520 g/mol. The van der Waals surface area contributed by atoms with Crippen LogP contribution in [0.2, 0.25) is 0 Å². The second-order valence-electron chi connectivity index (χ2n) is 8.50. The summed E-state index contributed by atoms with van der Waals surface area (Å²) in [6, 6.07) is 10.5. The lowest BCUT2D eigenvalue weighted by molar-refractivity contribution is -0.387. The number of carboxylic acid groups (broad SMARTS) is 1. The van der Waals surface area contributed by atoms with Crippen LogP contribution in [0.3, 0.4) is 0 Å². The van der Waals surface area contributed by atoms with Crippen molar-refractivity contribution < 1.29 is 37.6 Å². The minimum Gasteiger partial charge on any atom is -0.480 e. The Morgan fingerprint density at radius 2 is 1.84 bits per heavy atom. The lowest BCUT2D eigenvalue weighted by Crippen LogP contribution is -2.54. The zero-order valence-corrected chi connectivity index (χ0v) is 21.1. The molecule has 0 unspecified atom stereocenters. The second kappa shape index (κ2) is 13.0. The third-order valence-corrected chi connectivity index (χ3v) is 7.73. The predicted octanol–water partition coefficient (Wildman–Crippen LogP) is 2.02. The number of amides is 2. The molecule has 0 spiro atoms. The molecule has 14 heteroatoms. The minimum atomic E-state index is -4.94. The zero-order chi connectivity index (χ0) is 27.7. The van der Waals surface area contributed by atoms with Crippen molar-refractivity contribution >= 4 is 33.7 Å². The van der Waals surface area contributed by atoms with E-state index in [1.54, 1.807) is 24.3 Å². The molecule has 204 valence electrons. The molecular formula is C24H28N4O9S. The van der Waals surface area contributed by atoms with Crippen LogP contribution in [0.25, 0.3) is 0 Å². The van der Waals surface area contributed by atoms with Crippen LogP contribution >= 0.6 is 0 Å². The monoisotopic (exact) mass is 548 g/mol. The van der Waals surface area contributed by atoms with Crippen LogP contribution < -0.4 is 10.6 Å². The number of hydrogen-bond acceptors (Lipinski definition) is 9. The van der Waals surface area contributed by atoms with Crippen LogP contribution in [0, 0.1) is 10.1 Å². The molecule has 0 aliphatic carbocycles. The average Bonchev–Trinajstić information content (AvgIpc) is 3.44. The lowest BCUT2D eigenvalue weighted by Gasteiger charge is -2.30. The Kier molecular flexibility index (Phi) is 9.73. The van der Waals surface area contributed by atoms with Crippen LogP contribution in [0.4, 0.5) is 10.5 Å². The van der Waals surface area contributed by atoms with Crippen molar-refractivity contribution in [1.29, 1.82) is 0 Å². The van der Waals surface area contributed by atoms with Crippen molar-refractivity contribution in [3.05, 3.63) is 70.3 Å². The summed E-state index contributed by atoms with van der Waals surface area (Å²) in [5.74, 6) is -2.62. The summed E-state index contributed by atoms with van der Waals surface area (Å²) in [5, 5.41) is 26.7. The summed E-state index contributed by atoms with van der Waals surface area (Å²) in [6.07, 6.45) is -0.277. The number of carboxylic acids is 1. The van der Waals surface area contributed by atoms with Gasteiger partial charge in [-0.3, -0.25) is 14.9 Å². The molecule has 0 bridgehead atoms. The third kappa shape index (κ3) is 7.04. The molecule has 0 aromatic heterocycles. The number of nitrogens with one attached hydrogen (secondary N) is 2. The summed E-state index contributed by atoms with van der Waals surface area (Å²) < 4.78 is 32.5. The summed E-state index contributed by atoms with van der Waals surface area (Å²) in [4.78, 5) is 47.3. The molecule has 1 fully saturated rings. The number of hydrogen-bond donors (Lipinski definition) is 3. The standard InChI is InChI=1S/C24H28N4O9S/c29-22(18-10-6-14-25-18)27(38(35,36)21-13-5-4-11-19(21)28(33)34)20(23(30)31)12-7-15-26-24(32)37-16-17-8-2-1-3-9-17/h1-5,8-9,11,13,18,20,25H,6-7,10,12,14-16H2,(H,26,32)(H,30,31)/t18-,20-/m0/s1. The van der Waals surface area contributed by atoms with Crippen LogP contribution in [-0.2, 0) is 31.0 Å². The maximum Gasteiger partial charge on any atom is 0.407 e. The Balaban J connectivity index is 1.76. The number of nitro groups is 1. The number of rotatable bonds is 12. The fourth-order valence-corrected chi connectivity index (χ4v) is 5.79. The number of aliphatic carboxylic acids is 1. The van der Waals surface area contributed by atoms with E-state index in [-0.39, 0.29) is 36.7 Å². The highest BCUT2D eigenvalue weighted by Gasteiger charge is 2.44. The van der Waals surface area contributed by atoms with Gasteiger partial charge in [-0.05, 0) is 43.9 Å². The van der Waals surface area contributed by atoms with Gasteiger partial charge < -0.3 is 20.5 Å². The molecule has 0 saturated carbocycles. The Hall–Kier alpha value is -4.04. The molecule has 2 atom stereocenters. The lowest BCUT2D eigenvalue weighted by atomic mass is 10.1. The van der Waals surface area contributed by atoms with E-state index < -0.39 is 55.6 Å². The Labute approximate surface area is 219 Å². The van der Waals surface area contributed by atoms with E-state index in [9.17, 15) is 38.0 Å². The number of ether oxygens (including phenoxy) is 1. The van der Waals surface area contributed by atoms with E-state index in [0.29, 0.717) is 13.0 Å². The van der Waals surface area contributed by atoms with Crippen molar-refractivity contribution in [3.8, 4) is 0 Å². The maximum atomic E-state index is 13.6. The van der Waals surface area contributed by atoms with E-state index >= 15 is 0 Å². The fraction of sp³-hybridized carbons (Fsp3) is 0.375. The van der Waals surface area contributed by atoms with Crippen molar-refractivity contribution in [2.45, 2.75) is 49.3 Å². The van der Waals surface area contributed by atoms with Crippen LogP contribution in [0.5, 0.6) is 0 Å². The molecule has 3 N–H and O–H groups in total. The highest BCUT2D eigenvalue weighted by Crippen LogP contribution is 2.30. The first-order valence-electron chi connectivity index (χ1n) is 11.9. The number of nitro benzene ring substituents is 1. The minimum absolute atomic E-state index is 0.0221. The molecule has 1 aliphatic rings. The van der Waals surface area contributed by atoms with Gasteiger partial charge in [-0.1, -0.05) is 42.5 Å². The summed E-state index contributed by atoms with van der Waals surface area (Å²) in [6.45, 7) is 0.393. The van der Waals surface area contributed by atoms with Gasteiger partial charge >= 0.3 is 12.1 Å².